The van der Waals surface area contributed by atoms with Gasteiger partial charge in [0.15, 0.2) is 17.5 Å². The lowest BCUT2D eigenvalue weighted by atomic mass is 9.76. The third-order valence-electron chi connectivity index (χ3n) is 7.82. The van der Waals surface area contributed by atoms with Gasteiger partial charge in [0.1, 0.15) is 5.82 Å². The highest BCUT2D eigenvalue weighted by Gasteiger charge is 2.22. The number of benzene rings is 3. The van der Waals surface area contributed by atoms with E-state index >= 15 is 4.39 Å². The monoisotopic (exact) mass is 484 g/mol. The Morgan fingerprint density at radius 3 is 2.14 bits per heavy atom. The Labute approximate surface area is 206 Å². The zero-order chi connectivity index (χ0) is 24.8. The molecule has 0 heterocycles. The summed E-state index contributed by atoms with van der Waals surface area (Å²) in [5, 5.41) is 1.46. The quantitative estimate of drug-likeness (QED) is 0.153. The third-order valence-corrected chi connectivity index (χ3v) is 7.82. The van der Waals surface area contributed by atoms with Gasteiger partial charge < -0.3 is 0 Å². The molecule has 0 radical (unpaired) electrons. The van der Waals surface area contributed by atoms with E-state index in [1.807, 2.05) is 12.1 Å². The summed E-state index contributed by atoms with van der Waals surface area (Å²) >= 11 is 0. The van der Waals surface area contributed by atoms with E-state index in [9.17, 15) is 13.2 Å². The van der Waals surface area contributed by atoms with Gasteiger partial charge in [0.25, 0.3) is 0 Å². The van der Waals surface area contributed by atoms with E-state index in [1.165, 1.54) is 69.8 Å². The molecule has 1 aliphatic carbocycles. The Morgan fingerprint density at radius 1 is 0.714 bits per heavy atom. The molecule has 4 rings (SSSR count). The molecule has 3 aromatic carbocycles. The molecule has 0 aliphatic heterocycles. The Hall–Kier alpha value is -2.36. The van der Waals surface area contributed by atoms with Gasteiger partial charge in [-0.2, -0.15) is 0 Å². The number of unbranched alkanes of at least 4 members (excludes halogenated alkanes) is 4. The van der Waals surface area contributed by atoms with Crippen molar-refractivity contribution in [1.29, 1.82) is 0 Å². The molecule has 0 saturated heterocycles. The number of rotatable bonds is 10. The Balaban J connectivity index is 1.36. The number of halogens is 4. The normalized spacial score (nSPS) is 18.3. The third kappa shape index (κ3) is 6.45. The minimum absolute atomic E-state index is 0.233. The van der Waals surface area contributed by atoms with Crippen molar-refractivity contribution in [3.05, 3.63) is 82.4 Å². The molecule has 0 atom stereocenters. The molecule has 3 aromatic rings. The molecule has 4 heteroatoms. The maximum Gasteiger partial charge on any atom is 0.194 e. The largest absolute Gasteiger partial charge is 0.206 e. The van der Waals surface area contributed by atoms with Gasteiger partial charge in [-0.05, 0) is 84.6 Å². The second-order valence-electron chi connectivity index (χ2n) is 10.3. The van der Waals surface area contributed by atoms with Gasteiger partial charge in [0, 0.05) is 5.39 Å². The fourth-order valence-corrected chi connectivity index (χ4v) is 5.65. The fourth-order valence-electron chi connectivity index (χ4n) is 5.65. The average molecular weight is 485 g/mol. The number of hydrogen-bond acceptors (Lipinski definition) is 0. The van der Waals surface area contributed by atoms with Crippen LogP contribution < -0.4 is 0 Å². The van der Waals surface area contributed by atoms with Gasteiger partial charge >= 0.3 is 0 Å². The van der Waals surface area contributed by atoms with E-state index in [0.717, 1.165) is 23.4 Å². The highest BCUT2D eigenvalue weighted by molar-refractivity contribution is 5.84. The van der Waals surface area contributed by atoms with Crippen LogP contribution in [0.3, 0.4) is 0 Å². The highest BCUT2D eigenvalue weighted by Crippen LogP contribution is 2.39. The van der Waals surface area contributed by atoms with Crippen LogP contribution in [0.1, 0.15) is 93.7 Å². The first-order chi connectivity index (χ1) is 17.0. The molecular weight excluding hydrogens is 448 g/mol. The van der Waals surface area contributed by atoms with Crippen LogP contribution in [0.2, 0.25) is 0 Å². The zero-order valence-electron chi connectivity index (χ0n) is 20.7. The molecule has 1 aliphatic rings. The first-order valence-electron chi connectivity index (χ1n) is 13.3. The molecule has 0 nitrogen and oxygen atoms in total. The van der Waals surface area contributed by atoms with Gasteiger partial charge in [0.2, 0.25) is 0 Å². The van der Waals surface area contributed by atoms with Crippen molar-refractivity contribution in [3.63, 3.8) is 0 Å². The van der Waals surface area contributed by atoms with Crippen molar-refractivity contribution in [2.75, 3.05) is 0 Å². The second-order valence-corrected chi connectivity index (χ2v) is 10.3. The Kier molecular flexibility index (Phi) is 8.86. The zero-order valence-corrected chi connectivity index (χ0v) is 20.7. The molecule has 0 spiro atoms. The van der Waals surface area contributed by atoms with E-state index in [1.54, 1.807) is 6.07 Å². The predicted octanol–water partition coefficient (Wildman–Crippen LogP) is 9.82. The minimum atomic E-state index is -1.47. The van der Waals surface area contributed by atoms with Crippen LogP contribution in [0, 0.1) is 29.2 Å². The molecule has 1 saturated carbocycles. The smallest absolute Gasteiger partial charge is 0.194 e. The summed E-state index contributed by atoms with van der Waals surface area (Å²) in [7, 11) is 0. The van der Waals surface area contributed by atoms with Crippen LogP contribution in [0.5, 0.6) is 0 Å². The van der Waals surface area contributed by atoms with E-state index < -0.39 is 17.5 Å². The van der Waals surface area contributed by atoms with Crippen molar-refractivity contribution in [2.24, 2.45) is 5.92 Å². The maximum absolute atomic E-state index is 15.2. The molecule has 0 aromatic heterocycles. The van der Waals surface area contributed by atoms with Crippen LogP contribution >= 0.6 is 0 Å². The van der Waals surface area contributed by atoms with Crippen LogP contribution in [0.4, 0.5) is 17.6 Å². The molecule has 35 heavy (non-hydrogen) atoms. The lowest BCUT2D eigenvalue weighted by Gasteiger charge is -2.29. The van der Waals surface area contributed by atoms with Gasteiger partial charge in [0.05, 0.1) is 0 Å². The van der Waals surface area contributed by atoms with Gasteiger partial charge in [-0.25, -0.2) is 17.6 Å². The van der Waals surface area contributed by atoms with Crippen LogP contribution in [-0.2, 0) is 12.8 Å². The first-order valence-corrected chi connectivity index (χ1v) is 13.3. The van der Waals surface area contributed by atoms with Crippen LogP contribution in [0.25, 0.3) is 10.8 Å². The number of hydrogen-bond donors (Lipinski definition) is 0. The number of fused-ring (bicyclic) bond motifs is 1. The molecule has 0 unspecified atom stereocenters. The average Bonchev–Trinajstić information content (AvgIpc) is 2.87. The topological polar surface area (TPSA) is 0 Å². The van der Waals surface area contributed by atoms with E-state index in [0.29, 0.717) is 22.4 Å². The summed E-state index contributed by atoms with van der Waals surface area (Å²) in [6.07, 6.45) is 13.6. The molecule has 1 fully saturated rings. The van der Waals surface area contributed by atoms with E-state index in [-0.39, 0.29) is 18.7 Å². The summed E-state index contributed by atoms with van der Waals surface area (Å²) in [6, 6.07) is 11.7. The van der Waals surface area contributed by atoms with Gasteiger partial charge in [-0.3, -0.25) is 0 Å². The SMILES string of the molecule is CCCCCCCC1CCC(c2ccc3c(F)c(CCc4cc(F)c(F)c(F)c4)ccc3c2)CC1. The van der Waals surface area contributed by atoms with Gasteiger partial charge in [-0.15, -0.1) is 0 Å². The predicted molar refractivity (Wildman–Crippen MR) is 136 cm³/mol. The molecule has 0 bridgehead atoms. The van der Waals surface area contributed by atoms with Crippen LogP contribution in [0.15, 0.2) is 42.5 Å². The Bertz CT molecular complexity index is 1110. The lowest BCUT2D eigenvalue weighted by Crippen LogP contribution is -2.13. The molecule has 188 valence electrons. The minimum Gasteiger partial charge on any atom is -0.206 e. The fraction of sp³-hybridized carbons (Fsp3) is 0.484. The summed E-state index contributed by atoms with van der Waals surface area (Å²) in [5.74, 6) is -2.79. The number of aryl methyl sites for hydroxylation is 2. The van der Waals surface area contributed by atoms with Crippen LogP contribution in [-0.4, -0.2) is 0 Å². The van der Waals surface area contributed by atoms with Crippen molar-refractivity contribution < 1.29 is 17.6 Å². The highest BCUT2D eigenvalue weighted by atomic mass is 19.2. The van der Waals surface area contributed by atoms with Crippen molar-refractivity contribution in [3.8, 4) is 0 Å². The van der Waals surface area contributed by atoms with Crippen molar-refractivity contribution in [2.45, 2.75) is 89.9 Å². The van der Waals surface area contributed by atoms with E-state index in [2.05, 4.69) is 19.1 Å². The molecular formula is C31H36F4. The van der Waals surface area contributed by atoms with Crippen molar-refractivity contribution in [1.82, 2.24) is 0 Å². The summed E-state index contributed by atoms with van der Waals surface area (Å²) in [6.45, 7) is 2.25. The Morgan fingerprint density at radius 2 is 1.43 bits per heavy atom. The second kappa shape index (κ2) is 12.1. The van der Waals surface area contributed by atoms with Crippen molar-refractivity contribution >= 4 is 10.8 Å². The molecule has 0 amide bonds. The summed E-state index contributed by atoms with van der Waals surface area (Å²) in [5.41, 5.74) is 2.10. The molecule has 0 N–H and O–H groups in total. The first kappa shape index (κ1) is 25.7. The summed E-state index contributed by atoms with van der Waals surface area (Å²) < 4.78 is 55.3. The van der Waals surface area contributed by atoms with Gasteiger partial charge in [-0.1, -0.05) is 75.8 Å². The summed E-state index contributed by atoms with van der Waals surface area (Å²) in [4.78, 5) is 0. The van der Waals surface area contributed by atoms with E-state index in [4.69, 9.17) is 0 Å². The maximum atomic E-state index is 15.2. The lowest BCUT2D eigenvalue weighted by molar-refractivity contribution is 0.302. The standard InChI is InChI=1S/C31H36F4/c1-2-3-4-5-6-7-21-8-11-23(12-9-21)25-16-17-27-26(20-25)15-14-24(30(27)34)13-10-22-18-28(32)31(35)29(33)19-22/h14-21,23H,2-13H2,1H3.